The highest BCUT2D eigenvalue weighted by Gasteiger charge is 2.07. The Hall–Kier alpha value is -1.43. The fourth-order valence-electron chi connectivity index (χ4n) is 0.994. The van der Waals surface area contributed by atoms with Gasteiger partial charge in [0.05, 0.1) is 6.04 Å². The van der Waals surface area contributed by atoms with Crippen LogP contribution in [-0.4, -0.2) is 27.2 Å². The van der Waals surface area contributed by atoms with Crippen LogP contribution in [-0.2, 0) is 11.3 Å². The Morgan fingerprint density at radius 2 is 2.50 bits per heavy atom. The van der Waals surface area contributed by atoms with E-state index in [2.05, 4.69) is 15.4 Å². The first kappa shape index (κ1) is 10.6. The van der Waals surface area contributed by atoms with Crippen molar-refractivity contribution in [1.29, 1.82) is 0 Å². The molecular weight excluding hydrogens is 182 g/mol. The molecule has 0 aliphatic heterocycles. The highest BCUT2D eigenvalue weighted by atomic mass is 16.2. The van der Waals surface area contributed by atoms with Gasteiger partial charge in [0.25, 0.3) is 0 Å². The lowest BCUT2D eigenvalue weighted by atomic mass is 10.4. The number of nitrogens with one attached hydrogen (secondary N) is 1. The van der Waals surface area contributed by atoms with Gasteiger partial charge in [-0.25, -0.2) is 9.67 Å². The van der Waals surface area contributed by atoms with Gasteiger partial charge < -0.3 is 11.1 Å². The maximum Gasteiger partial charge on any atom is 0.241 e. The monoisotopic (exact) mass is 197 g/mol. The average Bonchev–Trinajstić information content (AvgIpc) is 2.53. The Kier molecular flexibility index (Phi) is 3.58. The fourth-order valence-corrected chi connectivity index (χ4v) is 0.994. The summed E-state index contributed by atoms with van der Waals surface area (Å²) in [5.74, 6) is 0.475. The van der Waals surface area contributed by atoms with Gasteiger partial charge in [0, 0.05) is 6.54 Å². The molecule has 6 heteroatoms. The van der Waals surface area contributed by atoms with E-state index in [0.717, 1.165) is 0 Å². The Labute approximate surface area is 82.5 Å². The van der Waals surface area contributed by atoms with Crippen LogP contribution in [0.1, 0.15) is 25.7 Å². The van der Waals surface area contributed by atoms with Crippen LogP contribution >= 0.6 is 0 Å². The molecule has 0 spiro atoms. The molecule has 1 rings (SSSR count). The van der Waals surface area contributed by atoms with E-state index < -0.39 is 0 Å². The predicted molar refractivity (Wildman–Crippen MR) is 51.3 cm³/mol. The summed E-state index contributed by atoms with van der Waals surface area (Å²) in [7, 11) is 0. The number of carbonyl (C=O) groups excluding carboxylic acids is 1. The molecule has 1 unspecified atom stereocenters. The molecule has 1 amide bonds. The number of nitrogens with two attached hydrogens (primary N) is 1. The molecule has 1 atom stereocenters. The van der Waals surface area contributed by atoms with E-state index in [9.17, 15) is 4.79 Å². The van der Waals surface area contributed by atoms with Crippen LogP contribution in [0, 0.1) is 0 Å². The predicted octanol–water partition coefficient (Wildman–Crippen LogP) is -0.566. The summed E-state index contributed by atoms with van der Waals surface area (Å²) in [5.41, 5.74) is 5.58. The minimum Gasteiger partial charge on any atom is -0.355 e. The molecule has 1 heterocycles. The second kappa shape index (κ2) is 4.71. The second-order valence-electron chi connectivity index (χ2n) is 3.04. The van der Waals surface area contributed by atoms with E-state index in [4.69, 9.17) is 5.73 Å². The molecule has 0 radical (unpaired) electrons. The lowest BCUT2D eigenvalue weighted by Gasteiger charge is -2.01. The van der Waals surface area contributed by atoms with Crippen LogP contribution in [0.5, 0.6) is 0 Å². The van der Waals surface area contributed by atoms with Gasteiger partial charge in [0.2, 0.25) is 5.91 Å². The number of amides is 1. The number of rotatable bonds is 4. The van der Waals surface area contributed by atoms with Crippen LogP contribution < -0.4 is 11.1 Å². The number of aromatic nitrogens is 3. The van der Waals surface area contributed by atoms with Crippen molar-refractivity contribution >= 4 is 5.91 Å². The van der Waals surface area contributed by atoms with E-state index in [-0.39, 0.29) is 18.5 Å². The van der Waals surface area contributed by atoms with Crippen molar-refractivity contribution in [2.45, 2.75) is 26.4 Å². The Bertz CT molecular complexity index is 306. The zero-order chi connectivity index (χ0) is 10.6. The summed E-state index contributed by atoms with van der Waals surface area (Å²) >= 11 is 0. The van der Waals surface area contributed by atoms with E-state index in [1.165, 1.54) is 11.0 Å². The van der Waals surface area contributed by atoms with Crippen molar-refractivity contribution in [3.05, 3.63) is 12.2 Å². The first-order valence-electron chi connectivity index (χ1n) is 4.55. The van der Waals surface area contributed by atoms with E-state index in [0.29, 0.717) is 12.4 Å². The summed E-state index contributed by atoms with van der Waals surface area (Å²) in [6.45, 7) is 4.47. The first-order chi connectivity index (χ1) is 6.63. The van der Waals surface area contributed by atoms with Crippen LogP contribution in [0.4, 0.5) is 0 Å². The van der Waals surface area contributed by atoms with Gasteiger partial charge in [0.1, 0.15) is 12.9 Å². The standard InChI is InChI=1S/C8H15N5O/c1-3-10-7(14)4-13-5-11-8(12-13)6(2)9/h5-6H,3-4,9H2,1-2H3,(H,10,14). The number of likely N-dealkylation sites (N-methyl/N-ethyl adjacent to an activating group) is 1. The smallest absolute Gasteiger partial charge is 0.241 e. The largest absolute Gasteiger partial charge is 0.355 e. The molecule has 14 heavy (non-hydrogen) atoms. The molecular formula is C8H15N5O. The number of hydrogen-bond acceptors (Lipinski definition) is 4. The highest BCUT2D eigenvalue weighted by Crippen LogP contribution is 2.00. The SMILES string of the molecule is CCNC(=O)Cn1cnc(C(C)N)n1. The van der Waals surface area contributed by atoms with Crippen molar-refractivity contribution in [3.63, 3.8) is 0 Å². The topological polar surface area (TPSA) is 85.8 Å². The minimum absolute atomic E-state index is 0.0753. The molecule has 0 saturated carbocycles. The maximum absolute atomic E-state index is 11.2. The lowest BCUT2D eigenvalue weighted by Crippen LogP contribution is -2.27. The molecule has 0 aromatic carbocycles. The quantitative estimate of drug-likeness (QED) is 0.677. The summed E-state index contributed by atoms with van der Waals surface area (Å²) in [5, 5.41) is 6.73. The van der Waals surface area contributed by atoms with Crippen LogP contribution in [0.15, 0.2) is 6.33 Å². The molecule has 3 N–H and O–H groups in total. The first-order valence-corrected chi connectivity index (χ1v) is 4.55. The Morgan fingerprint density at radius 1 is 1.79 bits per heavy atom. The van der Waals surface area contributed by atoms with E-state index in [1.54, 1.807) is 6.92 Å². The normalized spacial score (nSPS) is 12.5. The second-order valence-corrected chi connectivity index (χ2v) is 3.04. The summed E-state index contributed by atoms with van der Waals surface area (Å²) in [6, 6.07) is -0.203. The summed E-state index contributed by atoms with van der Waals surface area (Å²) in [6.07, 6.45) is 1.51. The molecule has 1 aromatic rings. The molecule has 0 bridgehead atoms. The summed E-state index contributed by atoms with van der Waals surface area (Å²) in [4.78, 5) is 15.1. The van der Waals surface area contributed by atoms with Gasteiger partial charge in [-0.15, -0.1) is 0 Å². The van der Waals surface area contributed by atoms with Crippen molar-refractivity contribution in [1.82, 2.24) is 20.1 Å². The zero-order valence-corrected chi connectivity index (χ0v) is 8.40. The van der Waals surface area contributed by atoms with Gasteiger partial charge in [-0.1, -0.05) is 0 Å². The molecule has 78 valence electrons. The molecule has 1 aromatic heterocycles. The highest BCUT2D eigenvalue weighted by molar-refractivity contribution is 5.75. The number of hydrogen-bond donors (Lipinski definition) is 2. The molecule has 0 aliphatic rings. The van der Waals surface area contributed by atoms with Crippen molar-refractivity contribution in [3.8, 4) is 0 Å². The third kappa shape index (κ3) is 2.81. The van der Waals surface area contributed by atoms with Crippen molar-refractivity contribution in [2.75, 3.05) is 6.54 Å². The Balaban J connectivity index is 2.55. The van der Waals surface area contributed by atoms with Gasteiger partial charge in [0.15, 0.2) is 5.82 Å². The average molecular weight is 197 g/mol. The lowest BCUT2D eigenvalue weighted by molar-refractivity contribution is -0.121. The number of carbonyl (C=O) groups is 1. The maximum atomic E-state index is 11.2. The Morgan fingerprint density at radius 3 is 3.00 bits per heavy atom. The zero-order valence-electron chi connectivity index (χ0n) is 8.40. The molecule has 0 aliphatic carbocycles. The van der Waals surface area contributed by atoms with Crippen LogP contribution in [0.2, 0.25) is 0 Å². The van der Waals surface area contributed by atoms with E-state index in [1.807, 2.05) is 6.92 Å². The van der Waals surface area contributed by atoms with Crippen molar-refractivity contribution in [2.24, 2.45) is 5.73 Å². The van der Waals surface area contributed by atoms with E-state index >= 15 is 0 Å². The molecule has 0 saturated heterocycles. The van der Waals surface area contributed by atoms with Gasteiger partial charge >= 0.3 is 0 Å². The van der Waals surface area contributed by atoms with Crippen LogP contribution in [0.25, 0.3) is 0 Å². The summed E-state index contributed by atoms with van der Waals surface area (Å²) < 4.78 is 1.48. The van der Waals surface area contributed by atoms with Crippen molar-refractivity contribution < 1.29 is 4.79 Å². The van der Waals surface area contributed by atoms with Gasteiger partial charge in [-0.05, 0) is 13.8 Å². The number of nitrogens with zero attached hydrogens (tertiary/aromatic N) is 3. The van der Waals surface area contributed by atoms with Gasteiger partial charge in [-0.2, -0.15) is 5.10 Å². The third-order valence-electron chi connectivity index (χ3n) is 1.64. The molecule has 0 fully saturated rings. The fraction of sp³-hybridized carbons (Fsp3) is 0.625. The molecule has 6 nitrogen and oxygen atoms in total. The minimum atomic E-state index is -0.203. The van der Waals surface area contributed by atoms with Crippen LogP contribution in [0.3, 0.4) is 0 Å². The third-order valence-corrected chi connectivity index (χ3v) is 1.64. The van der Waals surface area contributed by atoms with Gasteiger partial charge in [-0.3, -0.25) is 4.79 Å².